The van der Waals surface area contributed by atoms with Crippen molar-refractivity contribution in [3.05, 3.63) is 95.8 Å². The number of hydrogen-bond acceptors (Lipinski definition) is 2. The van der Waals surface area contributed by atoms with Gasteiger partial charge >= 0.3 is 0 Å². The molecule has 0 aliphatic heterocycles. The van der Waals surface area contributed by atoms with Crippen LogP contribution in [0, 0.1) is 0 Å². The molecule has 0 fully saturated rings. The summed E-state index contributed by atoms with van der Waals surface area (Å²) in [6.45, 7) is 0. The summed E-state index contributed by atoms with van der Waals surface area (Å²) in [5.74, 6) is 0.856. The van der Waals surface area contributed by atoms with Crippen LogP contribution in [0.3, 0.4) is 0 Å². The molecule has 1 heterocycles. The lowest BCUT2D eigenvalue weighted by Gasteiger charge is -2.09. The normalized spacial score (nSPS) is 11.2. The number of pyridine rings is 1. The van der Waals surface area contributed by atoms with E-state index in [1.807, 2.05) is 54.7 Å². The summed E-state index contributed by atoms with van der Waals surface area (Å²) in [7, 11) is 1.68. The van der Waals surface area contributed by atoms with Crippen molar-refractivity contribution in [3.8, 4) is 5.75 Å². The minimum atomic E-state index is 0.856. The van der Waals surface area contributed by atoms with E-state index in [1.54, 1.807) is 7.11 Å². The van der Waals surface area contributed by atoms with Crippen molar-refractivity contribution in [1.82, 2.24) is 4.98 Å². The maximum absolute atomic E-state index is 5.24. The molecule has 2 heteroatoms. The molecule has 1 aromatic heterocycles. The Morgan fingerprint density at radius 3 is 2.14 bits per heavy atom. The van der Waals surface area contributed by atoms with Crippen molar-refractivity contribution in [1.29, 1.82) is 0 Å². The average molecular weight is 287 g/mol. The Labute approximate surface area is 130 Å². The molecule has 0 unspecified atom stereocenters. The number of benzene rings is 2. The Bertz CT molecular complexity index is 747. The van der Waals surface area contributed by atoms with Gasteiger partial charge < -0.3 is 4.74 Å². The van der Waals surface area contributed by atoms with Crippen molar-refractivity contribution < 1.29 is 4.74 Å². The zero-order chi connectivity index (χ0) is 15.2. The summed E-state index contributed by atoms with van der Waals surface area (Å²) in [4.78, 5) is 4.40. The molecular formula is C20H17NO. The van der Waals surface area contributed by atoms with Crippen LogP contribution in [0.4, 0.5) is 0 Å². The van der Waals surface area contributed by atoms with E-state index in [-0.39, 0.29) is 0 Å². The number of rotatable bonds is 4. The number of hydrogen-bond donors (Lipinski definition) is 0. The lowest BCUT2D eigenvalue weighted by molar-refractivity contribution is 0.415. The molecule has 0 amide bonds. The molecule has 0 radical (unpaired) electrons. The Morgan fingerprint density at radius 2 is 1.50 bits per heavy atom. The third-order valence-electron chi connectivity index (χ3n) is 3.47. The molecule has 0 saturated heterocycles. The summed E-state index contributed by atoms with van der Waals surface area (Å²) in [6.07, 6.45) is 3.92. The molecular weight excluding hydrogens is 270 g/mol. The molecule has 3 aromatic rings. The average Bonchev–Trinajstić information content (AvgIpc) is 2.61. The van der Waals surface area contributed by atoms with Crippen LogP contribution in [-0.2, 0) is 0 Å². The van der Waals surface area contributed by atoms with Crippen molar-refractivity contribution in [2.45, 2.75) is 0 Å². The quantitative estimate of drug-likeness (QED) is 0.695. The lowest BCUT2D eigenvalue weighted by Crippen LogP contribution is -1.90. The maximum Gasteiger partial charge on any atom is 0.118 e. The second kappa shape index (κ2) is 6.72. The molecule has 0 N–H and O–H groups in total. The number of nitrogens with zero attached hydrogens (tertiary/aromatic N) is 1. The predicted molar refractivity (Wildman–Crippen MR) is 90.6 cm³/mol. The van der Waals surface area contributed by atoms with Crippen LogP contribution in [0.2, 0.25) is 0 Å². The van der Waals surface area contributed by atoms with Crippen molar-refractivity contribution in [2.75, 3.05) is 7.11 Å². The highest BCUT2D eigenvalue weighted by Crippen LogP contribution is 2.27. The molecule has 3 rings (SSSR count). The van der Waals surface area contributed by atoms with E-state index in [1.165, 1.54) is 5.56 Å². The van der Waals surface area contributed by atoms with Crippen LogP contribution >= 0.6 is 0 Å². The smallest absolute Gasteiger partial charge is 0.118 e. The molecule has 0 spiro atoms. The van der Waals surface area contributed by atoms with E-state index >= 15 is 0 Å². The predicted octanol–water partition coefficient (Wildman–Crippen LogP) is 4.68. The standard InChI is InChI=1S/C20H17NO/c1-22-19-12-10-17(11-13-19)20(16-7-3-2-4-8-16)15-18-9-5-6-14-21-18/h2-15H,1H3/b20-15-. The fourth-order valence-electron chi connectivity index (χ4n) is 2.33. The molecule has 0 aliphatic rings. The van der Waals surface area contributed by atoms with Crippen molar-refractivity contribution >= 4 is 11.6 Å². The molecule has 2 aromatic carbocycles. The minimum absolute atomic E-state index is 0.856. The van der Waals surface area contributed by atoms with Crippen molar-refractivity contribution in [3.63, 3.8) is 0 Å². The van der Waals surface area contributed by atoms with Gasteiger partial charge in [-0.25, -0.2) is 0 Å². The van der Waals surface area contributed by atoms with E-state index in [0.29, 0.717) is 0 Å². The van der Waals surface area contributed by atoms with E-state index in [0.717, 1.165) is 22.6 Å². The Hall–Kier alpha value is -2.87. The van der Waals surface area contributed by atoms with Gasteiger partial charge in [0.25, 0.3) is 0 Å². The SMILES string of the molecule is COc1ccc(/C(=C\c2ccccn2)c2ccccc2)cc1. The highest BCUT2D eigenvalue weighted by Gasteiger charge is 2.06. The van der Waals surface area contributed by atoms with Gasteiger partial charge in [0.15, 0.2) is 0 Å². The minimum Gasteiger partial charge on any atom is -0.497 e. The van der Waals surface area contributed by atoms with Crippen LogP contribution in [-0.4, -0.2) is 12.1 Å². The van der Waals surface area contributed by atoms with Gasteiger partial charge in [-0.05, 0) is 47.0 Å². The first-order chi connectivity index (χ1) is 10.9. The molecule has 22 heavy (non-hydrogen) atoms. The Balaban J connectivity index is 2.08. The van der Waals surface area contributed by atoms with E-state index in [4.69, 9.17) is 4.74 Å². The van der Waals surface area contributed by atoms with E-state index in [2.05, 4.69) is 35.3 Å². The summed E-state index contributed by atoms with van der Waals surface area (Å²) in [5, 5.41) is 0. The van der Waals surface area contributed by atoms with Crippen LogP contribution in [0.15, 0.2) is 79.0 Å². The number of ether oxygens (including phenoxy) is 1. The first-order valence-electron chi connectivity index (χ1n) is 7.19. The molecule has 0 bridgehead atoms. The number of methoxy groups -OCH3 is 1. The largest absolute Gasteiger partial charge is 0.497 e. The fourth-order valence-corrected chi connectivity index (χ4v) is 2.33. The van der Waals surface area contributed by atoms with Gasteiger partial charge in [-0.3, -0.25) is 4.98 Å². The first-order valence-corrected chi connectivity index (χ1v) is 7.19. The molecule has 108 valence electrons. The van der Waals surface area contributed by atoms with Crippen LogP contribution < -0.4 is 4.74 Å². The maximum atomic E-state index is 5.24. The van der Waals surface area contributed by atoms with Gasteiger partial charge in [0.1, 0.15) is 5.75 Å². The van der Waals surface area contributed by atoms with Crippen LogP contribution in [0.25, 0.3) is 11.6 Å². The third kappa shape index (κ3) is 3.23. The molecule has 0 atom stereocenters. The first kappa shape index (κ1) is 14.1. The molecule has 0 saturated carbocycles. The van der Waals surface area contributed by atoms with Gasteiger partial charge in [0.2, 0.25) is 0 Å². The molecule has 0 aliphatic carbocycles. The topological polar surface area (TPSA) is 22.1 Å². The lowest BCUT2D eigenvalue weighted by atomic mass is 9.96. The van der Waals surface area contributed by atoms with Gasteiger partial charge in [-0.15, -0.1) is 0 Å². The van der Waals surface area contributed by atoms with Crippen LogP contribution in [0.5, 0.6) is 5.75 Å². The monoisotopic (exact) mass is 287 g/mol. The summed E-state index contributed by atoms with van der Waals surface area (Å²) in [5.41, 5.74) is 4.38. The second-order valence-electron chi connectivity index (χ2n) is 4.91. The molecule has 2 nitrogen and oxygen atoms in total. The Morgan fingerprint density at radius 1 is 0.818 bits per heavy atom. The highest BCUT2D eigenvalue weighted by atomic mass is 16.5. The fraction of sp³-hybridized carbons (Fsp3) is 0.0500. The zero-order valence-corrected chi connectivity index (χ0v) is 12.4. The van der Waals surface area contributed by atoms with Gasteiger partial charge in [-0.2, -0.15) is 0 Å². The summed E-state index contributed by atoms with van der Waals surface area (Å²) in [6, 6.07) is 24.4. The summed E-state index contributed by atoms with van der Waals surface area (Å²) >= 11 is 0. The van der Waals surface area contributed by atoms with Gasteiger partial charge in [-0.1, -0.05) is 48.5 Å². The highest BCUT2D eigenvalue weighted by molar-refractivity contribution is 5.90. The van der Waals surface area contributed by atoms with Gasteiger partial charge in [0, 0.05) is 6.20 Å². The van der Waals surface area contributed by atoms with Crippen molar-refractivity contribution in [2.24, 2.45) is 0 Å². The number of aromatic nitrogens is 1. The second-order valence-corrected chi connectivity index (χ2v) is 4.91. The van der Waals surface area contributed by atoms with E-state index in [9.17, 15) is 0 Å². The van der Waals surface area contributed by atoms with E-state index < -0.39 is 0 Å². The summed E-state index contributed by atoms with van der Waals surface area (Å²) < 4.78 is 5.24. The van der Waals surface area contributed by atoms with Gasteiger partial charge in [0.05, 0.1) is 12.8 Å². The third-order valence-corrected chi connectivity index (χ3v) is 3.47. The zero-order valence-electron chi connectivity index (χ0n) is 12.4. The van der Waals surface area contributed by atoms with Crippen LogP contribution in [0.1, 0.15) is 16.8 Å². The Kier molecular flexibility index (Phi) is 4.30.